The summed E-state index contributed by atoms with van der Waals surface area (Å²) < 4.78 is 0. The minimum absolute atomic E-state index is 0.101. The van der Waals surface area contributed by atoms with Gasteiger partial charge in [-0.3, -0.25) is 14.9 Å². The lowest BCUT2D eigenvalue weighted by atomic mass is 10.1. The Balaban J connectivity index is 1.68. The minimum atomic E-state index is -0.382. The van der Waals surface area contributed by atoms with Gasteiger partial charge in [0.1, 0.15) is 0 Å². The fourth-order valence-electron chi connectivity index (χ4n) is 2.75. The molecular formula is C14H17N3O3. The van der Waals surface area contributed by atoms with Gasteiger partial charge in [0, 0.05) is 36.3 Å². The monoisotopic (exact) mass is 275 g/mol. The number of likely N-dealkylation sites (tertiary alicyclic amines) is 1. The highest BCUT2D eigenvalue weighted by Crippen LogP contribution is 2.31. The van der Waals surface area contributed by atoms with Gasteiger partial charge in [-0.25, -0.2) is 0 Å². The van der Waals surface area contributed by atoms with Crippen molar-refractivity contribution in [1.82, 2.24) is 4.90 Å². The van der Waals surface area contributed by atoms with Crippen LogP contribution in [0.25, 0.3) is 0 Å². The van der Waals surface area contributed by atoms with Crippen molar-refractivity contribution < 1.29 is 9.72 Å². The smallest absolute Gasteiger partial charge is 0.272 e. The van der Waals surface area contributed by atoms with E-state index in [1.54, 1.807) is 19.1 Å². The molecule has 1 unspecified atom stereocenters. The van der Waals surface area contributed by atoms with E-state index in [1.807, 2.05) is 4.90 Å². The third-order valence-electron chi connectivity index (χ3n) is 3.91. The summed E-state index contributed by atoms with van der Waals surface area (Å²) in [5, 5.41) is 14.1. The standard InChI is InChI=1S/C14H17N3O3/c1-9-6-10(2-5-13(9)17(19)20)15-11-7-14(18)16(8-11)12-3-4-12/h2,5-6,11-12,15H,3-4,7-8H2,1H3. The van der Waals surface area contributed by atoms with Crippen LogP contribution >= 0.6 is 0 Å². The van der Waals surface area contributed by atoms with Crippen LogP contribution in [0.1, 0.15) is 24.8 Å². The van der Waals surface area contributed by atoms with Crippen molar-refractivity contribution in [3.05, 3.63) is 33.9 Å². The minimum Gasteiger partial charge on any atom is -0.380 e. The summed E-state index contributed by atoms with van der Waals surface area (Å²) in [6, 6.07) is 5.53. The second kappa shape index (κ2) is 4.77. The molecule has 1 saturated carbocycles. The van der Waals surface area contributed by atoms with E-state index in [1.165, 1.54) is 6.07 Å². The highest BCUT2D eigenvalue weighted by atomic mass is 16.6. The van der Waals surface area contributed by atoms with E-state index < -0.39 is 0 Å². The molecule has 1 amide bonds. The van der Waals surface area contributed by atoms with E-state index in [0.717, 1.165) is 25.1 Å². The van der Waals surface area contributed by atoms with Gasteiger partial charge in [-0.05, 0) is 31.9 Å². The van der Waals surface area contributed by atoms with Gasteiger partial charge >= 0.3 is 0 Å². The topological polar surface area (TPSA) is 75.5 Å². The lowest BCUT2D eigenvalue weighted by molar-refractivity contribution is -0.385. The highest BCUT2D eigenvalue weighted by Gasteiger charge is 2.39. The molecule has 20 heavy (non-hydrogen) atoms. The zero-order valence-corrected chi connectivity index (χ0v) is 11.3. The molecule has 0 radical (unpaired) electrons. The third kappa shape index (κ3) is 2.45. The molecule has 0 bridgehead atoms. The van der Waals surface area contributed by atoms with Crippen molar-refractivity contribution in [2.24, 2.45) is 0 Å². The van der Waals surface area contributed by atoms with Crippen LogP contribution in [0.2, 0.25) is 0 Å². The lowest BCUT2D eigenvalue weighted by Gasteiger charge is -2.17. The Hall–Kier alpha value is -2.11. The van der Waals surface area contributed by atoms with Crippen LogP contribution < -0.4 is 5.32 Å². The van der Waals surface area contributed by atoms with E-state index in [-0.39, 0.29) is 22.6 Å². The molecule has 0 aromatic heterocycles. The molecule has 1 aliphatic carbocycles. The Bertz CT molecular complexity index is 569. The number of nitro groups is 1. The Labute approximate surface area is 116 Å². The predicted octanol–water partition coefficient (Wildman–Crippen LogP) is 2.08. The first-order valence-electron chi connectivity index (χ1n) is 6.85. The summed E-state index contributed by atoms with van der Waals surface area (Å²) in [5.41, 5.74) is 1.59. The Kier molecular flexibility index (Phi) is 3.08. The van der Waals surface area contributed by atoms with E-state index >= 15 is 0 Å². The quantitative estimate of drug-likeness (QED) is 0.674. The molecule has 2 aliphatic rings. The van der Waals surface area contributed by atoms with Crippen LogP contribution in [0.3, 0.4) is 0 Å². The van der Waals surface area contributed by atoms with E-state index in [9.17, 15) is 14.9 Å². The van der Waals surface area contributed by atoms with Gasteiger partial charge < -0.3 is 10.2 Å². The normalized spacial score (nSPS) is 22.1. The van der Waals surface area contributed by atoms with E-state index in [4.69, 9.17) is 0 Å². The SMILES string of the molecule is Cc1cc(NC2CC(=O)N(C3CC3)C2)ccc1[N+](=O)[O-]. The highest BCUT2D eigenvalue weighted by molar-refractivity contribution is 5.80. The molecule has 6 heteroatoms. The number of hydrogen-bond donors (Lipinski definition) is 1. The van der Waals surface area contributed by atoms with E-state index in [0.29, 0.717) is 18.0 Å². The number of carbonyl (C=O) groups is 1. The molecule has 106 valence electrons. The van der Waals surface area contributed by atoms with Crippen LogP contribution in [0.15, 0.2) is 18.2 Å². The van der Waals surface area contributed by atoms with Gasteiger partial charge in [-0.1, -0.05) is 0 Å². The molecule has 3 rings (SSSR count). The molecule has 1 heterocycles. The zero-order chi connectivity index (χ0) is 14.3. The van der Waals surface area contributed by atoms with Gasteiger partial charge in [-0.15, -0.1) is 0 Å². The number of nitrogens with one attached hydrogen (secondary N) is 1. The summed E-state index contributed by atoms with van der Waals surface area (Å²) in [7, 11) is 0. The molecule has 1 aromatic rings. The molecule has 0 spiro atoms. The van der Waals surface area contributed by atoms with E-state index in [2.05, 4.69) is 5.32 Å². The van der Waals surface area contributed by atoms with Crippen molar-refractivity contribution in [1.29, 1.82) is 0 Å². The number of carbonyl (C=O) groups excluding carboxylic acids is 1. The second-order valence-corrected chi connectivity index (χ2v) is 5.58. The van der Waals surface area contributed by atoms with Gasteiger partial charge in [0.2, 0.25) is 5.91 Å². The third-order valence-corrected chi connectivity index (χ3v) is 3.91. The van der Waals surface area contributed by atoms with Gasteiger partial charge in [0.25, 0.3) is 5.69 Å². The molecular weight excluding hydrogens is 258 g/mol. The van der Waals surface area contributed by atoms with Crippen molar-refractivity contribution in [2.45, 2.75) is 38.3 Å². The Morgan fingerprint density at radius 2 is 2.15 bits per heavy atom. The number of hydrogen-bond acceptors (Lipinski definition) is 4. The molecule has 1 atom stereocenters. The van der Waals surface area contributed by atoms with Crippen LogP contribution in [-0.2, 0) is 4.79 Å². The van der Waals surface area contributed by atoms with Gasteiger partial charge in [0.05, 0.1) is 11.0 Å². The average Bonchev–Trinajstić information content (AvgIpc) is 3.14. The summed E-state index contributed by atoms with van der Waals surface area (Å²) in [5.74, 6) is 0.212. The fourth-order valence-corrected chi connectivity index (χ4v) is 2.75. The molecule has 2 fully saturated rings. The maximum Gasteiger partial charge on any atom is 0.272 e. The van der Waals surface area contributed by atoms with Crippen LogP contribution in [-0.4, -0.2) is 34.4 Å². The number of aryl methyl sites for hydroxylation is 1. The van der Waals surface area contributed by atoms with Crippen LogP contribution in [0.4, 0.5) is 11.4 Å². The Morgan fingerprint density at radius 1 is 1.40 bits per heavy atom. The number of anilines is 1. The van der Waals surface area contributed by atoms with Gasteiger partial charge in [0.15, 0.2) is 0 Å². The fraction of sp³-hybridized carbons (Fsp3) is 0.500. The van der Waals surface area contributed by atoms with Crippen molar-refractivity contribution >= 4 is 17.3 Å². The first-order valence-corrected chi connectivity index (χ1v) is 6.85. The largest absolute Gasteiger partial charge is 0.380 e. The number of benzene rings is 1. The molecule has 1 aromatic carbocycles. The number of rotatable bonds is 4. The Morgan fingerprint density at radius 3 is 2.75 bits per heavy atom. The number of nitro benzene ring substituents is 1. The van der Waals surface area contributed by atoms with Gasteiger partial charge in [-0.2, -0.15) is 0 Å². The van der Waals surface area contributed by atoms with Crippen LogP contribution in [0, 0.1) is 17.0 Å². The lowest BCUT2D eigenvalue weighted by Crippen LogP contribution is -2.29. The van der Waals surface area contributed by atoms with Crippen molar-refractivity contribution in [3.8, 4) is 0 Å². The van der Waals surface area contributed by atoms with Crippen LogP contribution in [0.5, 0.6) is 0 Å². The summed E-state index contributed by atoms with van der Waals surface area (Å²) in [4.78, 5) is 24.2. The predicted molar refractivity (Wildman–Crippen MR) is 74.6 cm³/mol. The average molecular weight is 275 g/mol. The first kappa shape index (κ1) is 12.9. The maximum atomic E-state index is 11.9. The molecule has 1 aliphatic heterocycles. The number of nitrogens with zero attached hydrogens (tertiary/aromatic N) is 2. The second-order valence-electron chi connectivity index (χ2n) is 5.58. The summed E-state index contributed by atoms with van der Waals surface area (Å²) >= 11 is 0. The zero-order valence-electron chi connectivity index (χ0n) is 11.3. The molecule has 1 N–H and O–H groups in total. The summed E-state index contributed by atoms with van der Waals surface area (Å²) in [6.45, 7) is 2.46. The van der Waals surface area contributed by atoms with Crippen molar-refractivity contribution in [2.75, 3.05) is 11.9 Å². The molecule has 6 nitrogen and oxygen atoms in total. The molecule has 1 saturated heterocycles. The summed E-state index contributed by atoms with van der Waals surface area (Å²) in [6.07, 6.45) is 2.75. The maximum absolute atomic E-state index is 11.9. The first-order chi connectivity index (χ1) is 9.54. The number of amides is 1. The van der Waals surface area contributed by atoms with Crippen molar-refractivity contribution in [3.63, 3.8) is 0 Å².